The van der Waals surface area contributed by atoms with Crippen LogP contribution in [0.2, 0.25) is 0 Å². The number of aliphatic hydroxyl groups is 2. The molecule has 0 radical (unpaired) electrons. The molecule has 1 heterocycles. The van der Waals surface area contributed by atoms with Gasteiger partial charge in [0.15, 0.2) is 0 Å². The Bertz CT molecular complexity index is 356. The maximum absolute atomic E-state index is 11.2. The monoisotopic (exact) mass is 245 g/mol. The van der Waals surface area contributed by atoms with E-state index in [-0.39, 0.29) is 6.54 Å². The lowest BCUT2D eigenvalue weighted by Gasteiger charge is -2.15. The van der Waals surface area contributed by atoms with Crippen molar-refractivity contribution in [3.63, 3.8) is 0 Å². The number of nitrogen functional groups attached to an aromatic ring is 1. The molecule has 7 heteroatoms. The third-order valence-electron chi connectivity index (χ3n) is 2.05. The Balaban J connectivity index is 2.73. The fraction of sp³-hybridized carbons (Fsp3) is 0.444. The van der Waals surface area contributed by atoms with Crippen molar-refractivity contribution in [3.8, 4) is 0 Å². The Labute approximate surface area is 97.1 Å². The standard InChI is InChI=1S/C9H15N3O3S/c1-11-4-5(13)8(14)6-2-3-7(16-6)9(15)12-10/h2-3,5,8,11,13-14H,4,10H2,1H3,(H,12,15). The van der Waals surface area contributed by atoms with Crippen LogP contribution in [0.15, 0.2) is 12.1 Å². The van der Waals surface area contributed by atoms with E-state index in [1.54, 1.807) is 19.2 Å². The van der Waals surface area contributed by atoms with Crippen molar-refractivity contribution < 1.29 is 15.0 Å². The van der Waals surface area contributed by atoms with E-state index in [2.05, 4.69) is 5.32 Å². The van der Waals surface area contributed by atoms with E-state index in [1.807, 2.05) is 5.43 Å². The van der Waals surface area contributed by atoms with Gasteiger partial charge in [-0.15, -0.1) is 11.3 Å². The fourth-order valence-electron chi connectivity index (χ4n) is 1.22. The van der Waals surface area contributed by atoms with Crippen LogP contribution in [0.3, 0.4) is 0 Å². The minimum absolute atomic E-state index is 0.275. The molecular formula is C9H15N3O3S. The molecule has 0 bridgehead atoms. The molecule has 0 saturated carbocycles. The maximum Gasteiger partial charge on any atom is 0.275 e. The van der Waals surface area contributed by atoms with Gasteiger partial charge >= 0.3 is 0 Å². The van der Waals surface area contributed by atoms with E-state index in [9.17, 15) is 15.0 Å². The first kappa shape index (κ1) is 13.1. The summed E-state index contributed by atoms with van der Waals surface area (Å²) < 4.78 is 0. The smallest absolute Gasteiger partial charge is 0.275 e. The van der Waals surface area contributed by atoms with Crippen LogP contribution in [0.25, 0.3) is 0 Å². The number of hydrazine groups is 1. The number of aliphatic hydroxyl groups excluding tert-OH is 2. The molecule has 6 N–H and O–H groups in total. The summed E-state index contributed by atoms with van der Waals surface area (Å²) in [6.07, 6.45) is -1.91. The number of likely N-dealkylation sites (N-methyl/N-ethyl adjacent to an activating group) is 1. The van der Waals surface area contributed by atoms with Gasteiger partial charge in [-0.3, -0.25) is 10.2 Å². The number of thiophene rings is 1. The fourth-order valence-corrected chi connectivity index (χ4v) is 2.17. The molecule has 1 rings (SSSR count). The number of hydrogen-bond donors (Lipinski definition) is 5. The van der Waals surface area contributed by atoms with Gasteiger partial charge in [0, 0.05) is 11.4 Å². The lowest BCUT2D eigenvalue weighted by atomic mass is 10.1. The second-order valence-corrected chi connectivity index (χ2v) is 4.36. The number of nitrogens with one attached hydrogen (secondary N) is 2. The van der Waals surface area contributed by atoms with Crippen LogP contribution < -0.4 is 16.6 Å². The van der Waals surface area contributed by atoms with Gasteiger partial charge in [-0.05, 0) is 19.2 Å². The van der Waals surface area contributed by atoms with Crippen LogP contribution in [0, 0.1) is 0 Å². The summed E-state index contributed by atoms with van der Waals surface area (Å²) in [7, 11) is 1.68. The van der Waals surface area contributed by atoms with Crippen molar-refractivity contribution in [2.24, 2.45) is 5.84 Å². The maximum atomic E-state index is 11.2. The van der Waals surface area contributed by atoms with E-state index in [4.69, 9.17) is 5.84 Å². The molecule has 0 aliphatic heterocycles. The predicted molar refractivity (Wildman–Crippen MR) is 60.9 cm³/mol. The molecule has 0 aromatic carbocycles. The Morgan fingerprint density at radius 2 is 2.25 bits per heavy atom. The lowest BCUT2D eigenvalue weighted by molar-refractivity contribution is 0.0224. The second-order valence-electron chi connectivity index (χ2n) is 3.25. The van der Waals surface area contributed by atoms with Crippen LogP contribution in [0.5, 0.6) is 0 Å². The van der Waals surface area contributed by atoms with E-state index in [1.165, 1.54) is 0 Å². The van der Waals surface area contributed by atoms with Gasteiger partial charge in [-0.2, -0.15) is 0 Å². The van der Waals surface area contributed by atoms with E-state index < -0.39 is 18.1 Å². The van der Waals surface area contributed by atoms with Crippen LogP contribution in [0.4, 0.5) is 0 Å². The van der Waals surface area contributed by atoms with Crippen LogP contribution in [-0.4, -0.2) is 35.8 Å². The van der Waals surface area contributed by atoms with Gasteiger partial charge in [-0.1, -0.05) is 0 Å². The van der Waals surface area contributed by atoms with E-state index >= 15 is 0 Å². The van der Waals surface area contributed by atoms with Crippen molar-refractivity contribution in [3.05, 3.63) is 21.9 Å². The summed E-state index contributed by atoms with van der Waals surface area (Å²) in [6.45, 7) is 0.275. The Hall–Kier alpha value is -0.990. The summed E-state index contributed by atoms with van der Waals surface area (Å²) in [4.78, 5) is 12.1. The first-order valence-electron chi connectivity index (χ1n) is 4.71. The molecule has 0 saturated heterocycles. The van der Waals surface area contributed by atoms with E-state index in [0.717, 1.165) is 11.3 Å². The molecule has 0 aliphatic carbocycles. The second kappa shape index (κ2) is 5.92. The van der Waals surface area contributed by atoms with Gasteiger partial charge in [0.05, 0.1) is 11.0 Å². The Morgan fingerprint density at radius 1 is 1.56 bits per heavy atom. The molecule has 2 atom stereocenters. The summed E-state index contributed by atoms with van der Waals surface area (Å²) in [5, 5.41) is 22.0. The topological polar surface area (TPSA) is 108 Å². The summed E-state index contributed by atoms with van der Waals surface area (Å²) in [5.41, 5.74) is 2.00. The zero-order valence-corrected chi connectivity index (χ0v) is 9.62. The summed E-state index contributed by atoms with van der Waals surface area (Å²) >= 11 is 1.10. The zero-order chi connectivity index (χ0) is 12.1. The normalized spacial score (nSPS) is 14.5. The Morgan fingerprint density at radius 3 is 2.81 bits per heavy atom. The summed E-state index contributed by atoms with van der Waals surface area (Å²) in [6, 6.07) is 3.15. The zero-order valence-electron chi connectivity index (χ0n) is 8.80. The van der Waals surface area contributed by atoms with E-state index in [0.29, 0.717) is 9.75 Å². The highest BCUT2D eigenvalue weighted by Crippen LogP contribution is 2.25. The minimum Gasteiger partial charge on any atom is -0.389 e. The highest BCUT2D eigenvalue weighted by Gasteiger charge is 2.20. The van der Waals surface area contributed by atoms with Crippen molar-refractivity contribution in [1.82, 2.24) is 10.7 Å². The first-order chi connectivity index (χ1) is 7.60. The molecule has 16 heavy (non-hydrogen) atoms. The average Bonchev–Trinajstić information content (AvgIpc) is 2.76. The van der Waals surface area contributed by atoms with Gasteiger partial charge in [0.25, 0.3) is 5.91 Å². The van der Waals surface area contributed by atoms with Crippen LogP contribution in [0.1, 0.15) is 20.7 Å². The molecule has 90 valence electrons. The molecule has 0 fully saturated rings. The van der Waals surface area contributed by atoms with Crippen molar-refractivity contribution in [2.45, 2.75) is 12.2 Å². The molecule has 1 aromatic heterocycles. The van der Waals surface area contributed by atoms with Gasteiger partial charge in [-0.25, -0.2) is 5.84 Å². The molecule has 1 aromatic rings. The molecule has 6 nitrogen and oxygen atoms in total. The van der Waals surface area contributed by atoms with Gasteiger partial charge < -0.3 is 15.5 Å². The number of carbonyl (C=O) groups is 1. The quantitative estimate of drug-likeness (QED) is 0.259. The highest BCUT2D eigenvalue weighted by molar-refractivity contribution is 7.14. The molecule has 1 amide bonds. The minimum atomic E-state index is -1.00. The third kappa shape index (κ3) is 3.00. The van der Waals surface area contributed by atoms with Crippen molar-refractivity contribution >= 4 is 17.2 Å². The summed E-state index contributed by atoms with van der Waals surface area (Å²) in [5.74, 6) is 4.57. The first-order valence-corrected chi connectivity index (χ1v) is 5.53. The number of hydrogen-bond acceptors (Lipinski definition) is 6. The van der Waals surface area contributed by atoms with Gasteiger partial charge in [0.1, 0.15) is 6.10 Å². The predicted octanol–water partition coefficient (Wildman–Crippen LogP) is -1.03. The number of carbonyl (C=O) groups excluding carboxylic acids is 1. The Kier molecular flexibility index (Phi) is 4.84. The van der Waals surface area contributed by atoms with Gasteiger partial charge in [0.2, 0.25) is 0 Å². The lowest BCUT2D eigenvalue weighted by Crippen LogP contribution is -2.29. The molecular weight excluding hydrogens is 230 g/mol. The number of nitrogens with two attached hydrogens (primary N) is 1. The molecule has 0 aliphatic rings. The largest absolute Gasteiger partial charge is 0.389 e. The number of rotatable bonds is 5. The average molecular weight is 245 g/mol. The van der Waals surface area contributed by atoms with Crippen molar-refractivity contribution in [2.75, 3.05) is 13.6 Å². The van der Waals surface area contributed by atoms with Crippen LogP contribution >= 0.6 is 11.3 Å². The third-order valence-corrected chi connectivity index (χ3v) is 3.21. The van der Waals surface area contributed by atoms with Crippen molar-refractivity contribution in [1.29, 1.82) is 0 Å². The number of amides is 1. The highest BCUT2D eigenvalue weighted by atomic mass is 32.1. The SMILES string of the molecule is CNCC(O)C(O)c1ccc(C(=O)NN)s1. The molecule has 2 unspecified atom stereocenters. The van der Waals surface area contributed by atoms with Crippen LogP contribution in [-0.2, 0) is 0 Å². The molecule has 0 spiro atoms.